The van der Waals surface area contributed by atoms with Gasteiger partial charge in [0.05, 0.1) is 23.4 Å². The first-order chi connectivity index (χ1) is 8.12. The highest BCUT2D eigenvalue weighted by Gasteiger charge is 2.20. The van der Waals surface area contributed by atoms with E-state index in [2.05, 4.69) is 9.88 Å². The van der Waals surface area contributed by atoms with Gasteiger partial charge in [0.15, 0.2) is 9.84 Å². The van der Waals surface area contributed by atoms with E-state index < -0.39 is 9.84 Å². The lowest BCUT2D eigenvalue weighted by Gasteiger charge is -2.23. The average molecular weight is 255 g/mol. The molecule has 1 fully saturated rings. The molecule has 0 amide bonds. The Hall–Kier alpha value is -1.14. The molecule has 1 aliphatic rings. The third kappa shape index (κ3) is 2.95. The summed E-state index contributed by atoms with van der Waals surface area (Å²) >= 11 is 0. The summed E-state index contributed by atoms with van der Waals surface area (Å²) in [5, 5.41) is 0. The molecule has 1 aromatic rings. The number of anilines is 1. The molecule has 2 N–H and O–H groups in total. The zero-order valence-electron chi connectivity index (χ0n) is 9.67. The van der Waals surface area contributed by atoms with E-state index >= 15 is 0 Å². The van der Waals surface area contributed by atoms with E-state index in [1.807, 2.05) is 6.07 Å². The van der Waals surface area contributed by atoms with Crippen LogP contribution in [-0.4, -0.2) is 38.0 Å². The molecule has 2 heterocycles. The topological polar surface area (TPSA) is 76.3 Å². The van der Waals surface area contributed by atoms with E-state index in [0.29, 0.717) is 19.5 Å². The lowest BCUT2D eigenvalue weighted by molar-refractivity contribution is 0.597. The quantitative estimate of drug-likeness (QED) is 0.815. The van der Waals surface area contributed by atoms with Crippen LogP contribution in [0.3, 0.4) is 0 Å². The summed E-state index contributed by atoms with van der Waals surface area (Å²) in [6, 6.07) is 1.88. The highest BCUT2D eigenvalue weighted by Crippen LogP contribution is 2.20. The van der Waals surface area contributed by atoms with Gasteiger partial charge in [-0.3, -0.25) is 4.98 Å². The van der Waals surface area contributed by atoms with Crippen LogP contribution in [-0.2, 0) is 16.4 Å². The molecule has 0 aromatic carbocycles. The van der Waals surface area contributed by atoms with Crippen molar-refractivity contribution < 1.29 is 8.42 Å². The second-order valence-electron chi connectivity index (χ2n) is 4.20. The van der Waals surface area contributed by atoms with Gasteiger partial charge >= 0.3 is 0 Å². The third-order valence-electron chi connectivity index (χ3n) is 3.00. The molecule has 0 saturated carbocycles. The van der Waals surface area contributed by atoms with E-state index in [0.717, 1.165) is 17.8 Å². The largest absolute Gasteiger partial charge is 0.369 e. The third-order valence-corrected chi connectivity index (χ3v) is 4.72. The predicted octanol–water partition coefficient (Wildman–Crippen LogP) is 0.165. The van der Waals surface area contributed by atoms with Crippen LogP contribution < -0.4 is 10.6 Å². The van der Waals surface area contributed by atoms with Gasteiger partial charge in [-0.05, 0) is 18.1 Å². The average Bonchev–Trinajstić information content (AvgIpc) is 2.50. The molecule has 0 bridgehead atoms. The maximum absolute atomic E-state index is 11.5. The van der Waals surface area contributed by atoms with Gasteiger partial charge in [0, 0.05) is 25.8 Å². The normalized spacial score (nSPS) is 19.9. The molecule has 94 valence electrons. The summed E-state index contributed by atoms with van der Waals surface area (Å²) in [7, 11) is -2.87. The molecular weight excluding hydrogens is 238 g/mol. The van der Waals surface area contributed by atoms with Crippen LogP contribution in [0.2, 0.25) is 0 Å². The Morgan fingerprint density at radius 3 is 2.94 bits per heavy atom. The first kappa shape index (κ1) is 12.3. The van der Waals surface area contributed by atoms with Crippen LogP contribution in [0.4, 0.5) is 5.69 Å². The SMILES string of the molecule is NCc1ccncc1N1CCCS(=O)(=O)CC1. The van der Waals surface area contributed by atoms with Gasteiger partial charge in [0.1, 0.15) is 0 Å². The summed E-state index contributed by atoms with van der Waals surface area (Å²) in [4.78, 5) is 6.16. The van der Waals surface area contributed by atoms with Gasteiger partial charge in [-0.25, -0.2) is 8.42 Å². The maximum Gasteiger partial charge on any atom is 0.152 e. The van der Waals surface area contributed by atoms with Crippen LogP contribution in [0, 0.1) is 0 Å². The van der Waals surface area contributed by atoms with Gasteiger partial charge in [-0.1, -0.05) is 0 Å². The zero-order valence-corrected chi connectivity index (χ0v) is 10.5. The van der Waals surface area contributed by atoms with E-state index in [-0.39, 0.29) is 11.5 Å². The number of nitrogens with zero attached hydrogens (tertiary/aromatic N) is 2. The van der Waals surface area contributed by atoms with Crippen LogP contribution in [0.15, 0.2) is 18.5 Å². The van der Waals surface area contributed by atoms with Gasteiger partial charge in [0.25, 0.3) is 0 Å². The van der Waals surface area contributed by atoms with Crippen molar-refractivity contribution in [3.63, 3.8) is 0 Å². The minimum absolute atomic E-state index is 0.214. The van der Waals surface area contributed by atoms with Gasteiger partial charge in [0.2, 0.25) is 0 Å². The fraction of sp³-hybridized carbons (Fsp3) is 0.545. The second-order valence-corrected chi connectivity index (χ2v) is 6.50. The lowest BCUT2D eigenvalue weighted by atomic mass is 10.2. The number of hydrogen-bond donors (Lipinski definition) is 1. The Labute approximate surface area is 102 Å². The first-order valence-corrected chi connectivity index (χ1v) is 7.53. The van der Waals surface area contributed by atoms with Crippen molar-refractivity contribution in [1.82, 2.24) is 4.98 Å². The van der Waals surface area contributed by atoms with E-state index in [1.54, 1.807) is 12.4 Å². The fourth-order valence-electron chi connectivity index (χ4n) is 2.05. The number of pyridine rings is 1. The van der Waals surface area contributed by atoms with Gasteiger partial charge < -0.3 is 10.6 Å². The van der Waals surface area contributed by atoms with Gasteiger partial charge in [-0.15, -0.1) is 0 Å². The molecule has 1 aliphatic heterocycles. The van der Waals surface area contributed by atoms with Crippen molar-refractivity contribution in [3.8, 4) is 0 Å². The first-order valence-electron chi connectivity index (χ1n) is 5.71. The summed E-state index contributed by atoms with van der Waals surface area (Å²) in [5.41, 5.74) is 7.66. The smallest absolute Gasteiger partial charge is 0.152 e. The van der Waals surface area contributed by atoms with Crippen molar-refractivity contribution in [2.45, 2.75) is 13.0 Å². The van der Waals surface area contributed by atoms with Crippen molar-refractivity contribution in [2.24, 2.45) is 5.73 Å². The van der Waals surface area contributed by atoms with Crippen LogP contribution in [0.1, 0.15) is 12.0 Å². The zero-order chi connectivity index (χ0) is 12.3. The van der Waals surface area contributed by atoms with Crippen molar-refractivity contribution in [1.29, 1.82) is 0 Å². The molecule has 1 saturated heterocycles. The van der Waals surface area contributed by atoms with Crippen LogP contribution in [0.5, 0.6) is 0 Å². The number of hydrogen-bond acceptors (Lipinski definition) is 5. The Morgan fingerprint density at radius 2 is 2.18 bits per heavy atom. The summed E-state index contributed by atoms with van der Waals surface area (Å²) in [6.07, 6.45) is 4.14. The van der Waals surface area contributed by atoms with E-state index in [1.165, 1.54) is 0 Å². The lowest BCUT2D eigenvalue weighted by Crippen LogP contribution is -2.28. The van der Waals surface area contributed by atoms with Crippen molar-refractivity contribution >= 4 is 15.5 Å². The Morgan fingerprint density at radius 1 is 1.35 bits per heavy atom. The highest BCUT2D eigenvalue weighted by molar-refractivity contribution is 7.91. The maximum atomic E-state index is 11.5. The van der Waals surface area contributed by atoms with Gasteiger partial charge in [-0.2, -0.15) is 0 Å². The molecule has 17 heavy (non-hydrogen) atoms. The molecule has 0 atom stereocenters. The van der Waals surface area contributed by atoms with Crippen molar-refractivity contribution in [3.05, 3.63) is 24.0 Å². The fourth-order valence-corrected chi connectivity index (χ4v) is 3.32. The summed E-state index contributed by atoms with van der Waals surface area (Å²) in [6.45, 7) is 1.72. The molecule has 2 rings (SSSR count). The number of sulfone groups is 1. The summed E-state index contributed by atoms with van der Waals surface area (Å²) in [5.74, 6) is 0.494. The number of aromatic nitrogens is 1. The monoisotopic (exact) mass is 255 g/mol. The van der Waals surface area contributed by atoms with Crippen LogP contribution in [0.25, 0.3) is 0 Å². The standard InChI is InChI=1S/C11H17N3O2S/c12-8-10-2-3-13-9-11(10)14-4-1-6-17(15,16)7-5-14/h2-3,9H,1,4-8,12H2. The Bertz CT molecular complexity index is 487. The molecule has 0 aliphatic carbocycles. The van der Waals surface area contributed by atoms with Crippen molar-refractivity contribution in [2.75, 3.05) is 29.5 Å². The number of nitrogens with two attached hydrogens (primary N) is 1. The molecule has 0 spiro atoms. The molecule has 6 heteroatoms. The Balaban J connectivity index is 2.22. The molecule has 0 radical (unpaired) electrons. The molecule has 0 unspecified atom stereocenters. The minimum Gasteiger partial charge on any atom is -0.369 e. The van der Waals surface area contributed by atoms with E-state index in [4.69, 9.17) is 5.73 Å². The summed E-state index contributed by atoms with van der Waals surface area (Å²) < 4.78 is 23.1. The van der Waals surface area contributed by atoms with E-state index in [9.17, 15) is 8.42 Å². The molecule has 1 aromatic heterocycles. The minimum atomic E-state index is -2.87. The second kappa shape index (κ2) is 5.01. The molecular formula is C11H17N3O2S. The molecule has 5 nitrogen and oxygen atoms in total. The Kier molecular flexibility index (Phi) is 3.63. The highest BCUT2D eigenvalue weighted by atomic mass is 32.2. The number of rotatable bonds is 2. The predicted molar refractivity (Wildman–Crippen MR) is 67.6 cm³/mol. The van der Waals surface area contributed by atoms with Crippen LogP contribution >= 0.6 is 0 Å².